The lowest BCUT2D eigenvalue weighted by Crippen LogP contribution is -2.45. The van der Waals surface area contributed by atoms with Gasteiger partial charge in [0.2, 0.25) is 0 Å². The number of hydrogen-bond donors (Lipinski definition) is 1. The van der Waals surface area contributed by atoms with Gasteiger partial charge in [0.15, 0.2) is 0 Å². The molecule has 2 rings (SSSR count). The molecule has 0 saturated heterocycles. The second kappa shape index (κ2) is 7.96. The standard InChI is InChI=1S/C19H25N3O3/c1-12(2)17(19(24)25-5)21-18(23)16-10-13(3)22(14(16)4)11-15-8-6-7-9-20-15/h6-10,12,17H,11H2,1-5H3,(H,21,23). The van der Waals surface area contributed by atoms with Gasteiger partial charge in [-0.05, 0) is 38.0 Å². The molecule has 134 valence electrons. The summed E-state index contributed by atoms with van der Waals surface area (Å²) in [6.07, 6.45) is 1.75. The molecule has 2 heterocycles. The van der Waals surface area contributed by atoms with E-state index in [9.17, 15) is 9.59 Å². The van der Waals surface area contributed by atoms with Crippen LogP contribution in [0.2, 0.25) is 0 Å². The van der Waals surface area contributed by atoms with Gasteiger partial charge < -0.3 is 14.6 Å². The number of hydrogen-bond acceptors (Lipinski definition) is 4. The number of esters is 1. The third-order valence-corrected chi connectivity index (χ3v) is 4.27. The lowest BCUT2D eigenvalue weighted by Gasteiger charge is -2.19. The number of carbonyl (C=O) groups is 2. The molecule has 0 bridgehead atoms. The average Bonchev–Trinajstić information content (AvgIpc) is 2.87. The van der Waals surface area contributed by atoms with Gasteiger partial charge in [-0.1, -0.05) is 19.9 Å². The fraction of sp³-hybridized carbons (Fsp3) is 0.421. The largest absolute Gasteiger partial charge is 0.467 e. The Balaban J connectivity index is 2.23. The normalized spacial score (nSPS) is 12.1. The summed E-state index contributed by atoms with van der Waals surface area (Å²) in [5.41, 5.74) is 3.29. The molecule has 0 aliphatic carbocycles. The van der Waals surface area contributed by atoms with E-state index in [0.717, 1.165) is 17.1 Å². The molecule has 0 fully saturated rings. The lowest BCUT2D eigenvalue weighted by molar-refractivity contribution is -0.144. The Bertz CT molecular complexity index is 751. The Morgan fingerprint density at radius 1 is 1.28 bits per heavy atom. The Labute approximate surface area is 148 Å². The maximum absolute atomic E-state index is 12.7. The maximum atomic E-state index is 12.7. The number of aromatic nitrogens is 2. The average molecular weight is 343 g/mol. The lowest BCUT2D eigenvalue weighted by atomic mass is 10.0. The van der Waals surface area contributed by atoms with E-state index >= 15 is 0 Å². The van der Waals surface area contributed by atoms with Crippen LogP contribution in [0.3, 0.4) is 0 Å². The Hall–Kier alpha value is -2.63. The van der Waals surface area contributed by atoms with Crippen molar-refractivity contribution < 1.29 is 14.3 Å². The van der Waals surface area contributed by atoms with E-state index in [0.29, 0.717) is 12.1 Å². The molecule has 0 aromatic carbocycles. The van der Waals surface area contributed by atoms with Gasteiger partial charge in [-0.3, -0.25) is 9.78 Å². The van der Waals surface area contributed by atoms with Gasteiger partial charge in [-0.2, -0.15) is 0 Å². The van der Waals surface area contributed by atoms with Gasteiger partial charge in [0.1, 0.15) is 6.04 Å². The molecule has 6 nitrogen and oxygen atoms in total. The first-order chi connectivity index (χ1) is 11.8. The highest BCUT2D eigenvalue weighted by atomic mass is 16.5. The molecule has 25 heavy (non-hydrogen) atoms. The van der Waals surface area contributed by atoms with E-state index in [4.69, 9.17) is 4.74 Å². The van der Waals surface area contributed by atoms with Gasteiger partial charge in [0.25, 0.3) is 5.91 Å². The topological polar surface area (TPSA) is 73.2 Å². The van der Waals surface area contributed by atoms with E-state index in [-0.39, 0.29) is 11.8 Å². The maximum Gasteiger partial charge on any atom is 0.328 e. The van der Waals surface area contributed by atoms with Crippen LogP contribution in [0.1, 0.15) is 41.3 Å². The number of nitrogens with zero attached hydrogens (tertiary/aromatic N) is 2. The van der Waals surface area contributed by atoms with Crippen molar-refractivity contribution >= 4 is 11.9 Å². The molecule has 0 aliphatic heterocycles. The first-order valence-corrected chi connectivity index (χ1v) is 8.30. The fourth-order valence-corrected chi connectivity index (χ4v) is 2.77. The summed E-state index contributed by atoms with van der Waals surface area (Å²) in [5, 5.41) is 2.79. The third-order valence-electron chi connectivity index (χ3n) is 4.27. The number of rotatable bonds is 6. The summed E-state index contributed by atoms with van der Waals surface area (Å²) in [4.78, 5) is 28.9. The second-order valence-electron chi connectivity index (χ2n) is 6.41. The van der Waals surface area contributed by atoms with Crippen LogP contribution >= 0.6 is 0 Å². The molecule has 1 amide bonds. The molecule has 0 radical (unpaired) electrons. The van der Waals surface area contributed by atoms with Crippen LogP contribution in [0, 0.1) is 19.8 Å². The van der Waals surface area contributed by atoms with Crippen molar-refractivity contribution in [2.24, 2.45) is 5.92 Å². The van der Waals surface area contributed by atoms with Crippen LogP contribution in [-0.4, -0.2) is 34.6 Å². The highest BCUT2D eigenvalue weighted by molar-refractivity contribution is 5.98. The minimum absolute atomic E-state index is 0.0617. The number of nitrogens with one attached hydrogen (secondary N) is 1. The summed E-state index contributed by atoms with van der Waals surface area (Å²) < 4.78 is 6.82. The first-order valence-electron chi connectivity index (χ1n) is 8.30. The number of methoxy groups -OCH3 is 1. The van der Waals surface area contributed by atoms with Crippen LogP contribution in [0.25, 0.3) is 0 Å². The number of aryl methyl sites for hydroxylation is 1. The molecule has 1 N–H and O–H groups in total. The number of carbonyl (C=O) groups excluding carboxylic acids is 2. The molecule has 0 spiro atoms. The minimum Gasteiger partial charge on any atom is -0.467 e. The summed E-state index contributed by atoms with van der Waals surface area (Å²) >= 11 is 0. The monoisotopic (exact) mass is 343 g/mol. The number of amides is 1. The number of pyridine rings is 1. The molecular weight excluding hydrogens is 318 g/mol. The van der Waals surface area contributed by atoms with Crippen molar-refractivity contribution in [2.75, 3.05) is 7.11 Å². The Kier molecular flexibility index (Phi) is 5.96. The Morgan fingerprint density at radius 2 is 2.00 bits per heavy atom. The fourth-order valence-electron chi connectivity index (χ4n) is 2.77. The van der Waals surface area contributed by atoms with E-state index in [2.05, 4.69) is 10.3 Å². The van der Waals surface area contributed by atoms with E-state index < -0.39 is 12.0 Å². The second-order valence-corrected chi connectivity index (χ2v) is 6.41. The van der Waals surface area contributed by atoms with Crippen LogP contribution in [0.4, 0.5) is 0 Å². The van der Waals surface area contributed by atoms with Crippen LogP contribution in [0.5, 0.6) is 0 Å². The van der Waals surface area contributed by atoms with Gasteiger partial charge in [-0.25, -0.2) is 4.79 Å². The highest BCUT2D eigenvalue weighted by Crippen LogP contribution is 2.17. The van der Waals surface area contributed by atoms with E-state index in [1.54, 1.807) is 6.20 Å². The molecule has 6 heteroatoms. The molecule has 0 saturated carbocycles. The van der Waals surface area contributed by atoms with E-state index in [1.807, 2.05) is 56.5 Å². The van der Waals surface area contributed by atoms with E-state index in [1.165, 1.54) is 7.11 Å². The van der Waals surface area contributed by atoms with Crippen molar-refractivity contribution in [3.05, 3.63) is 53.1 Å². The smallest absolute Gasteiger partial charge is 0.328 e. The summed E-state index contributed by atoms with van der Waals surface area (Å²) in [7, 11) is 1.32. The predicted molar refractivity (Wildman–Crippen MR) is 95.4 cm³/mol. The minimum atomic E-state index is -0.670. The molecular formula is C19H25N3O3. The highest BCUT2D eigenvalue weighted by Gasteiger charge is 2.27. The van der Waals surface area contributed by atoms with Crippen LogP contribution in [0.15, 0.2) is 30.5 Å². The van der Waals surface area contributed by atoms with Crippen molar-refractivity contribution in [1.29, 1.82) is 0 Å². The molecule has 2 aromatic rings. The summed E-state index contributed by atoms with van der Waals surface area (Å²) in [6.45, 7) is 8.18. The summed E-state index contributed by atoms with van der Waals surface area (Å²) in [6, 6.07) is 6.92. The molecule has 0 aliphatic rings. The molecule has 1 atom stereocenters. The zero-order valence-corrected chi connectivity index (χ0v) is 15.4. The van der Waals surface area contributed by atoms with Crippen molar-refractivity contribution in [1.82, 2.24) is 14.9 Å². The zero-order chi connectivity index (χ0) is 18.6. The quantitative estimate of drug-likeness (QED) is 0.818. The SMILES string of the molecule is COC(=O)C(NC(=O)c1cc(C)n(Cc2ccccn2)c1C)C(C)C. The molecule has 1 unspecified atom stereocenters. The van der Waals surface area contributed by atoms with Gasteiger partial charge in [0.05, 0.1) is 24.9 Å². The predicted octanol–water partition coefficient (Wildman–Crippen LogP) is 2.48. The van der Waals surface area contributed by atoms with Crippen molar-refractivity contribution in [3.8, 4) is 0 Å². The third kappa shape index (κ3) is 4.26. The van der Waals surface area contributed by atoms with Crippen molar-refractivity contribution in [2.45, 2.75) is 40.3 Å². The zero-order valence-electron chi connectivity index (χ0n) is 15.4. The summed E-state index contributed by atoms with van der Waals surface area (Å²) in [5.74, 6) is -0.775. The molecule has 2 aromatic heterocycles. The van der Waals surface area contributed by atoms with Gasteiger partial charge >= 0.3 is 5.97 Å². The van der Waals surface area contributed by atoms with Gasteiger partial charge in [-0.15, -0.1) is 0 Å². The van der Waals surface area contributed by atoms with Crippen molar-refractivity contribution in [3.63, 3.8) is 0 Å². The van der Waals surface area contributed by atoms with Crippen LogP contribution < -0.4 is 5.32 Å². The number of ether oxygens (including phenoxy) is 1. The Morgan fingerprint density at radius 3 is 2.56 bits per heavy atom. The van der Waals surface area contributed by atoms with Gasteiger partial charge in [0, 0.05) is 17.6 Å². The first kappa shape index (κ1) is 18.7. The van der Waals surface area contributed by atoms with Crippen LogP contribution in [-0.2, 0) is 16.1 Å².